The summed E-state index contributed by atoms with van der Waals surface area (Å²) >= 11 is 0. The van der Waals surface area contributed by atoms with Crippen LogP contribution < -0.4 is 5.32 Å². The quantitative estimate of drug-likeness (QED) is 0.883. The van der Waals surface area contributed by atoms with Crippen molar-refractivity contribution in [2.75, 3.05) is 7.05 Å². The Labute approximate surface area is 117 Å². The third kappa shape index (κ3) is 4.08. The molecule has 1 fully saturated rings. The number of hydrogen-bond donors (Lipinski definition) is 1. The summed E-state index contributed by atoms with van der Waals surface area (Å²) in [4.78, 5) is 2.46. The molecule has 0 radical (unpaired) electrons. The van der Waals surface area contributed by atoms with Crippen LogP contribution >= 0.6 is 0 Å². The van der Waals surface area contributed by atoms with Crippen molar-refractivity contribution in [2.24, 2.45) is 0 Å². The van der Waals surface area contributed by atoms with E-state index in [1.54, 1.807) is 0 Å². The summed E-state index contributed by atoms with van der Waals surface area (Å²) in [6, 6.07) is 2.99. The Hall–Kier alpha value is -0.800. The molecule has 0 unspecified atom stereocenters. The molecule has 1 aliphatic carbocycles. The van der Waals surface area contributed by atoms with E-state index in [0.717, 1.165) is 30.7 Å². The first-order valence-electron chi connectivity index (χ1n) is 7.38. The highest BCUT2D eigenvalue weighted by atomic mass is 16.3. The van der Waals surface area contributed by atoms with E-state index in [1.807, 2.05) is 0 Å². The number of hydrogen-bond acceptors (Lipinski definition) is 3. The lowest BCUT2D eigenvalue weighted by atomic mass is 9.91. The number of nitrogens with zero attached hydrogens (tertiary/aromatic N) is 1. The van der Waals surface area contributed by atoms with Gasteiger partial charge < -0.3 is 9.73 Å². The third-order valence-corrected chi connectivity index (χ3v) is 3.98. The van der Waals surface area contributed by atoms with E-state index in [4.69, 9.17) is 4.42 Å². The van der Waals surface area contributed by atoms with Crippen LogP contribution in [-0.4, -0.2) is 23.5 Å². The van der Waals surface area contributed by atoms with Crippen LogP contribution in [0, 0.1) is 6.92 Å². The molecule has 0 spiro atoms. The van der Waals surface area contributed by atoms with Gasteiger partial charge in [-0.15, -0.1) is 0 Å². The van der Waals surface area contributed by atoms with Gasteiger partial charge in [0, 0.05) is 23.7 Å². The first-order chi connectivity index (χ1) is 8.85. The highest BCUT2D eigenvalue weighted by molar-refractivity contribution is 5.21. The first-order valence-corrected chi connectivity index (χ1v) is 7.38. The molecule has 1 heterocycles. The highest BCUT2D eigenvalue weighted by Crippen LogP contribution is 2.26. The molecule has 1 saturated carbocycles. The molecular formula is C16H28N2O. The molecule has 3 heteroatoms. The van der Waals surface area contributed by atoms with Gasteiger partial charge in [0.1, 0.15) is 11.5 Å². The smallest absolute Gasteiger partial charge is 0.118 e. The van der Waals surface area contributed by atoms with Gasteiger partial charge in [-0.2, -0.15) is 0 Å². The van der Waals surface area contributed by atoms with E-state index < -0.39 is 0 Å². The average molecular weight is 264 g/mol. The lowest BCUT2D eigenvalue weighted by molar-refractivity contribution is 0.152. The SMILES string of the molecule is Cc1oc(CNC(C)(C)C)cc1CN(C)C1CCC1. The van der Waals surface area contributed by atoms with Gasteiger partial charge in [-0.25, -0.2) is 0 Å². The predicted molar refractivity (Wildman–Crippen MR) is 79.1 cm³/mol. The maximum atomic E-state index is 5.85. The predicted octanol–water partition coefficient (Wildman–Crippen LogP) is 3.46. The number of nitrogens with one attached hydrogen (secondary N) is 1. The molecule has 0 atom stereocenters. The van der Waals surface area contributed by atoms with E-state index >= 15 is 0 Å². The van der Waals surface area contributed by atoms with Crippen molar-refractivity contribution in [2.45, 2.75) is 71.6 Å². The summed E-state index contributed by atoms with van der Waals surface area (Å²) in [5.41, 5.74) is 1.46. The lowest BCUT2D eigenvalue weighted by Gasteiger charge is -2.34. The minimum atomic E-state index is 0.129. The monoisotopic (exact) mass is 264 g/mol. The zero-order chi connectivity index (χ0) is 14.0. The summed E-state index contributed by atoms with van der Waals surface area (Å²) in [7, 11) is 2.23. The largest absolute Gasteiger partial charge is 0.465 e. The summed E-state index contributed by atoms with van der Waals surface area (Å²) in [6.45, 7) is 10.4. The Morgan fingerprint density at radius 2 is 2.05 bits per heavy atom. The molecule has 0 amide bonds. The fourth-order valence-corrected chi connectivity index (χ4v) is 2.41. The Morgan fingerprint density at radius 1 is 1.37 bits per heavy atom. The van der Waals surface area contributed by atoms with Crippen molar-refractivity contribution < 1.29 is 4.42 Å². The third-order valence-electron chi connectivity index (χ3n) is 3.98. The van der Waals surface area contributed by atoms with Crippen LogP contribution in [0.1, 0.15) is 57.1 Å². The van der Waals surface area contributed by atoms with Crippen LogP contribution in [0.15, 0.2) is 10.5 Å². The van der Waals surface area contributed by atoms with Gasteiger partial charge in [-0.05, 0) is 53.7 Å². The summed E-state index contributed by atoms with van der Waals surface area (Å²) in [5, 5.41) is 3.47. The zero-order valence-corrected chi connectivity index (χ0v) is 13.0. The molecule has 0 saturated heterocycles. The number of rotatable bonds is 5. The fourth-order valence-electron chi connectivity index (χ4n) is 2.41. The second-order valence-corrected chi connectivity index (χ2v) is 6.90. The van der Waals surface area contributed by atoms with E-state index in [-0.39, 0.29) is 5.54 Å². The van der Waals surface area contributed by atoms with Gasteiger partial charge in [-0.3, -0.25) is 4.90 Å². The topological polar surface area (TPSA) is 28.4 Å². The van der Waals surface area contributed by atoms with Crippen LogP contribution in [0.3, 0.4) is 0 Å². The van der Waals surface area contributed by atoms with Crippen LogP contribution in [0.4, 0.5) is 0 Å². The molecule has 1 aromatic heterocycles. The van der Waals surface area contributed by atoms with Crippen molar-refractivity contribution in [1.29, 1.82) is 0 Å². The molecule has 1 aliphatic rings. The maximum Gasteiger partial charge on any atom is 0.118 e. The van der Waals surface area contributed by atoms with Gasteiger partial charge in [0.05, 0.1) is 6.54 Å². The maximum absolute atomic E-state index is 5.85. The van der Waals surface area contributed by atoms with Gasteiger partial charge in [-0.1, -0.05) is 6.42 Å². The van der Waals surface area contributed by atoms with Crippen molar-refractivity contribution >= 4 is 0 Å². The number of aryl methyl sites for hydroxylation is 1. The van der Waals surface area contributed by atoms with Crippen LogP contribution in [0.25, 0.3) is 0 Å². The second-order valence-electron chi connectivity index (χ2n) is 6.90. The Kier molecular flexibility index (Phi) is 4.36. The molecule has 1 N–H and O–H groups in total. The molecule has 0 aromatic carbocycles. The average Bonchev–Trinajstić information content (AvgIpc) is 2.53. The van der Waals surface area contributed by atoms with Crippen molar-refractivity contribution in [3.63, 3.8) is 0 Å². The molecule has 108 valence electrons. The molecular weight excluding hydrogens is 236 g/mol. The van der Waals surface area contributed by atoms with E-state index in [1.165, 1.54) is 24.8 Å². The fraction of sp³-hybridized carbons (Fsp3) is 0.750. The van der Waals surface area contributed by atoms with Crippen LogP contribution in [0.5, 0.6) is 0 Å². The summed E-state index contributed by atoms with van der Waals surface area (Å²) in [6.07, 6.45) is 4.10. The molecule has 19 heavy (non-hydrogen) atoms. The normalized spacial score (nSPS) is 16.9. The van der Waals surface area contributed by atoms with E-state index in [0.29, 0.717) is 0 Å². The van der Waals surface area contributed by atoms with Gasteiger partial charge in [0.2, 0.25) is 0 Å². The van der Waals surface area contributed by atoms with E-state index in [2.05, 4.69) is 51.0 Å². The van der Waals surface area contributed by atoms with Crippen molar-refractivity contribution in [3.05, 3.63) is 23.2 Å². The first kappa shape index (κ1) is 14.6. The number of furan rings is 1. The molecule has 3 nitrogen and oxygen atoms in total. The standard InChI is InChI=1S/C16H28N2O/c1-12-13(11-18(5)14-7-6-8-14)9-15(19-12)10-17-16(2,3)4/h9,14,17H,6-8,10-11H2,1-5H3. The van der Waals surface area contributed by atoms with E-state index in [9.17, 15) is 0 Å². The highest BCUT2D eigenvalue weighted by Gasteiger charge is 2.23. The Balaban J connectivity index is 1.92. The van der Waals surface area contributed by atoms with Gasteiger partial charge in [0.15, 0.2) is 0 Å². The summed E-state index contributed by atoms with van der Waals surface area (Å²) < 4.78 is 5.85. The Morgan fingerprint density at radius 3 is 2.58 bits per heavy atom. The van der Waals surface area contributed by atoms with Gasteiger partial charge in [0.25, 0.3) is 0 Å². The van der Waals surface area contributed by atoms with Crippen molar-refractivity contribution in [3.8, 4) is 0 Å². The summed E-state index contributed by atoms with van der Waals surface area (Å²) in [5.74, 6) is 2.11. The Bertz CT molecular complexity index is 413. The lowest BCUT2D eigenvalue weighted by Crippen LogP contribution is -2.36. The van der Waals surface area contributed by atoms with Crippen molar-refractivity contribution in [1.82, 2.24) is 10.2 Å². The van der Waals surface area contributed by atoms with Gasteiger partial charge >= 0.3 is 0 Å². The van der Waals surface area contributed by atoms with Crippen LogP contribution in [0.2, 0.25) is 0 Å². The molecule has 0 aliphatic heterocycles. The second kappa shape index (κ2) is 5.68. The molecule has 1 aromatic rings. The molecule has 2 rings (SSSR count). The minimum Gasteiger partial charge on any atom is -0.465 e. The molecule has 0 bridgehead atoms. The van der Waals surface area contributed by atoms with Crippen LogP contribution in [-0.2, 0) is 13.1 Å². The zero-order valence-electron chi connectivity index (χ0n) is 13.0. The minimum absolute atomic E-state index is 0.129.